The number of halogens is 1. The first-order valence-electron chi connectivity index (χ1n) is 12.6. The van der Waals surface area contributed by atoms with Crippen molar-refractivity contribution in [3.8, 4) is 11.3 Å². The molecule has 5 aromatic rings. The molecule has 0 aliphatic carbocycles. The van der Waals surface area contributed by atoms with Gasteiger partial charge in [-0.15, -0.1) is 0 Å². The third kappa shape index (κ3) is 5.06. The van der Waals surface area contributed by atoms with Crippen molar-refractivity contribution in [2.75, 3.05) is 0 Å². The summed E-state index contributed by atoms with van der Waals surface area (Å²) in [7, 11) is 0. The first kappa shape index (κ1) is 26.6. The number of furan rings is 1. The van der Waals surface area contributed by atoms with Gasteiger partial charge in [0, 0.05) is 17.4 Å². The quantitative estimate of drug-likeness (QED) is 0.209. The lowest BCUT2D eigenvalue weighted by Crippen LogP contribution is -2.24. The summed E-state index contributed by atoms with van der Waals surface area (Å²) >= 11 is 3.71. The number of aryl methyl sites for hydroxylation is 2. The van der Waals surface area contributed by atoms with Gasteiger partial charge < -0.3 is 18.8 Å². The molecule has 8 nitrogen and oxygen atoms in total. The normalized spacial score (nSPS) is 11.8. The molecule has 0 aliphatic heterocycles. The molecule has 0 saturated carbocycles. The summed E-state index contributed by atoms with van der Waals surface area (Å²) in [5.74, 6) is -0.140. The fraction of sp³-hybridized carbons (Fsp3) is 0.267. The second-order valence-corrected chi connectivity index (χ2v) is 11.2. The average molecular weight is 590 g/mol. The Morgan fingerprint density at radius 3 is 2.54 bits per heavy atom. The Morgan fingerprint density at radius 1 is 1.10 bits per heavy atom. The molecule has 0 radical (unpaired) electrons. The highest BCUT2D eigenvalue weighted by Gasteiger charge is 2.24. The first-order valence-corrected chi connectivity index (χ1v) is 13.4. The van der Waals surface area contributed by atoms with E-state index in [-0.39, 0.29) is 5.69 Å². The van der Waals surface area contributed by atoms with Gasteiger partial charge in [0.1, 0.15) is 28.3 Å². The molecule has 0 fully saturated rings. The molecule has 200 valence electrons. The molecule has 0 bridgehead atoms. The van der Waals surface area contributed by atoms with Crippen molar-refractivity contribution in [2.24, 2.45) is 0 Å². The Hall–Kier alpha value is -3.98. The van der Waals surface area contributed by atoms with Gasteiger partial charge >= 0.3 is 11.9 Å². The lowest BCUT2D eigenvalue weighted by molar-refractivity contribution is 0.00700. The van der Waals surface area contributed by atoms with Gasteiger partial charge in [0.05, 0.1) is 16.6 Å². The van der Waals surface area contributed by atoms with E-state index in [2.05, 4.69) is 20.9 Å². The fourth-order valence-electron chi connectivity index (χ4n) is 4.59. The number of hydrogen-bond donors (Lipinski definition) is 1. The van der Waals surface area contributed by atoms with Crippen LogP contribution in [0.2, 0.25) is 0 Å². The number of fused-ring (bicyclic) bond motifs is 2. The molecular formula is C30H28BrN3O5. The van der Waals surface area contributed by atoms with Gasteiger partial charge in [-0.3, -0.25) is 0 Å². The molecule has 0 amide bonds. The first-order chi connectivity index (χ1) is 18.5. The Bertz CT molecular complexity index is 1760. The van der Waals surface area contributed by atoms with Crippen LogP contribution in [-0.2, 0) is 17.7 Å². The number of ether oxygens (including phenoxy) is 1. The summed E-state index contributed by atoms with van der Waals surface area (Å²) in [4.78, 5) is 33.7. The van der Waals surface area contributed by atoms with Crippen molar-refractivity contribution in [3.63, 3.8) is 0 Å². The maximum Gasteiger partial charge on any atom is 0.354 e. The number of carbonyl (C=O) groups excluding carboxylic acids is 1. The predicted molar refractivity (Wildman–Crippen MR) is 152 cm³/mol. The van der Waals surface area contributed by atoms with Crippen LogP contribution in [0.25, 0.3) is 33.5 Å². The molecule has 2 aromatic carbocycles. The van der Waals surface area contributed by atoms with E-state index in [1.54, 1.807) is 18.2 Å². The molecule has 5 rings (SSSR count). The lowest BCUT2D eigenvalue weighted by atomic mass is 10.0. The van der Waals surface area contributed by atoms with Crippen molar-refractivity contribution in [2.45, 2.75) is 53.2 Å². The number of imidazole rings is 1. The number of carboxylic acid groups (broad SMARTS) is 1. The predicted octanol–water partition coefficient (Wildman–Crippen LogP) is 7.18. The van der Waals surface area contributed by atoms with Crippen LogP contribution >= 0.6 is 15.9 Å². The number of benzene rings is 2. The van der Waals surface area contributed by atoms with Crippen LogP contribution in [0.5, 0.6) is 0 Å². The van der Waals surface area contributed by atoms with Crippen LogP contribution in [0.1, 0.15) is 65.5 Å². The third-order valence-corrected chi connectivity index (χ3v) is 7.12. The van der Waals surface area contributed by atoms with E-state index in [4.69, 9.17) is 14.1 Å². The van der Waals surface area contributed by atoms with Crippen molar-refractivity contribution >= 4 is 50.0 Å². The van der Waals surface area contributed by atoms with Gasteiger partial charge in [-0.25, -0.2) is 19.6 Å². The summed E-state index contributed by atoms with van der Waals surface area (Å²) in [5, 5.41) is 10.4. The Balaban J connectivity index is 1.57. The summed E-state index contributed by atoms with van der Waals surface area (Å²) < 4.78 is 14.5. The maximum absolute atomic E-state index is 12.9. The average Bonchev–Trinajstić information content (AvgIpc) is 3.40. The van der Waals surface area contributed by atoms with Crippen LogP contribution < -0.4 is 0 Å². The zero-order chi connectivity index (χ0) is 28.1. The van der Waals surface area contributed by atoms with Crippen molar-refractivity contribution in [1.29, 1.82) is 0 Å². The van der Waals surface area contributed by atoms with Crippen LogP contribution in [-0.4, -0.2) is 37.2 Å². The van der Waals surface area contributed by atoms with Gasteiger partial charge in [0.2, 0.25) is 0 Å². The Morgan fingerprint density at radius 2 is 1.85 bits per heavy atom. The fourth-order valence-corrected chi connectivity index (χ4v) is 5.20. The largest absolute Gasteiger partial charge is 0.477 e. The molecule has 3 heterocycles. The van der Waals surface area contributed by atoms with Crippen molar-refractivity contribution < 1.29 is 23.8 Å². The summed E-state index contributed by atoms with van der Waals surface area (Å²) in [6, 6.07) is 14.6. The number of hydrogen-bond acceptors (Lipinski definition) is 6. The molecule has 3 aromatic heterocycles. The minimum Gasteiger partial charge on any atom is -0.477 e. The van der Waals surface area contributed by atoms with Crippen LogP contribution in [0.15, 0.2) is 57.4 Å². The highest BCUT2D eigenvalue weighted by molar-refractivity contribution is 9.10. The van der Waals surface area contributed by atoms with Gasteiger partial charge in [0.25, 0.3) is 0 Å². The van der Waals surface area contributed by atoms with Gasteiger partial charge in [-0.1, -0.05) is 31.2 Å². The van der Waals surface area contributed by atoms with Crippen LogP contribution in [0.4, 0.5) is 0 Å². The van der Waals surface area contributed by atoms with Crippen molar-refractivity contribution in [3.05, 3.63) is 81.2 Å². The van der Waals surface area contributed by atoms with E-state index < -0.39 is 17.5 Å². The van der Waals surface area contributed by atoms with E-state index >= 15 is 0 Å². The van der Waals surface area contributed by atoms with Gasteiger partial charge in [0.15, 0.2) is 11.3 Å². The highest BCUT2D eigenvalue weighted by atomic mass is 79.9. The number of aromatic nitrogens is 3. The molecule has 0 saturated heterocycles. The molecule has 0 atom stereocenters. The SMILES string of the molecule is CCc1nc2c(C)cc(C(=O)O)nc2n1Cc1ccc2oc(-c3ccccc3C(=O)OC(C)(C)C)c(Br)c2c1. The second kappa shape index (κ2) is 9.96. The van der Waals surface area contributed by atoms with Crippen molar-refractivity contribution in [1.82, 2.24) is 14.5 Å². The molecule has 1 N–H and O–H groups in total. The molecule has 0 spiro atoms. The van der Waals surface area contributed by atoms with Crippen LogP contribution in [0.3, 0.4) is 0 Å². The van der Waals surface area contributed by atoms with Gasteiger partial charge in [-0.2, -0.15) is 0 Å². The summed E-state index contributed by atoms with van der Waals surface area (Å²) in [5.41, 5.74) is 4.05. The third-order valence-electron chi connectivity index (χ3n) is 6.33. The van der Waals surface area contributed by atoms with Crippen LogP contribution in [0, 0.1) is 6.92 Å². The topological polar surface area (TPSA) is 107 Å². The zero-order valence-corrected chi connectivity index (χ0v) is 23.9. The van der Waals surface area contributed by atoms with E-state index in [9.17, 15) is 14.7 Å². The summed E-state index contributed by atoms with van der Waals surface area (Å²) in [6.07, 6.45) is 0.668. The molecule has 0 aliphatic rings. The number of carbonyl (C=O) groups is 2. The number of aromatic carboxylic acids is 1. The van der Waals surface area contributed by atoms with Gasteiger partial charge in [-0.05, 0) is 79.0 Å². The number of pyridine rings is 1. The second-order valence-electron chi connectivity index (χ2n) is 10.4. The Kier molecular flexibility index (Phi) is 6.80. The molecule has 39 heavy (non-hydrogen) atoms. The number of carboxylic acids is 1. The minimum atomic E-state index is -1.08. The van der Waals surface area contributed by atoms with E-state index in [1.165, 1.54) is 0 Å². The van der Waals surface area contributed by atoms with E-state index in [0.717, 1.165) is 26.8 Å². The van der Waals surface area contributed by atoms with E-state index in [0.29, 0.717) is 46.6 Å². The number of nitrogens with zero attached hydrogens (tertiary/aromatic N) is 3. The monoisotopic (exact) mass is 589 g/mol. The number of esters is 1. The molecule has 9 heteroatoms. The standard InChI is InChI=1S/C30H28BrN3O5/c1-6-23-33-25-16(2)13-21(28(35)36)32-27(25)34(23)15-17-11-12-22-20(14-17)24(31)26(38-22)18-9-7-8-10-19(18)29(37)39-30(3,4)5/h7-14H,6,15H2,1-5H3,(H,35,36). The zero-order valence-electron chi connectivity index (χ0n) is 22.3. The lowest BCUT2D eigenvalue weighted by Gasteiger charge is -2.20. The summed E-state index contributed by atoms with van der Waals surface area (Å²) in [6.45, 7) is 9.80. The number of rotatable bonds is 6. The van der Waals surface area contributed by atoms with E-state index in [1.807, 2.05) is 69.5 Å². The molecular weight excluding hydrogens is 562 g/mol. The molecule has 0 unspecified atom stereocenters. The minimum absolute atomic E-state index is 0.00914. The highest BCUT2D eigenvalue weighted by Crippen LogP contribution is 2.40. The maximum atomic E-state index is 12.9. The smallest absolute Gasteiger partial charge is 0.354 e. The Labute approximate surface area is 233 Å².